The van der Waals surface area contributed by atoms with Gasteiger partial charge < -0.3 is 54.8 Å². The second-order valence-electron chi connectivity index (χ2n) is 17.9. The minimum atomic E-state index is -5.39. The van der Waals surface area contributed by atoms with Crippen molar-refractivity contribution in [2.75, 3.05) is 13.2 Å². The van der Waals surface area contributed by atoms with Crippen LogP contribution >= 0.6 is 15.6 Å². The molecule has 5 unspecified atom stereocenters. The molecule has 0 saturated heterocycles. The second kappa shape index (κ2) is 42.0. The summed E-state index contributed by atoms with van der Waals surface area (Å²) in [6.45, 7) is 2.75. The molecule has 0 heterocycles. The van der Waals surface area contributed by atoms with E-state index < -0.39 is 95.7 Å². The fourth-order valence-corrected chi connectivity index (χ4v) is 8.80. The lowest BCUT2D eigenvalue weighted by molar-refractivity contribution is -0.216. The number of carbonyl (C=O) groups excluding carboxylic acids is 2. The van der Waals surface area contributed by atoms with Crippen molar-refractivity contribution in [1.82, 2.24) is 0 Å². The lowest BCUT2D eigenvalue weighted by Crippen LogP contribution is -2.64. The van der Waals surface area contributed by atoms with E-state index in [4.69, 9.17) is 18.5 Å². The highest BCUT2D eigenvalue weighted by Crippen LogP contribution is 2.49. The van der Waals surface area contributed by atoms with Gasteiger partial charge >= 0.3 is 27.6 Å². The molecule has 1 saturated carbocycles. The number of carbonyl (C=O) groups is 2. The zero-order valence-electron chi connectivity index (χ0n) is 43.0. The molecule has 0 radical (unpaired) electrons. The largest absolute Gasteiger partial charge is 0.472 e. The van der Waals surface area contributed by atoms with Crippen LogP contribution in [0.5, 0.6) is 0 Å². The van der Waals surface area contributed by atoms with Gasteiger partial charge in [-0.15, -0.1) is 0 Å². The number of unbranched alkanes of at least 4 members (excludes halogenated alkanes) is 12. The summed E-state index contributed by atoms with van der Waals surface area (Å²) in [5, 5.41) is 61.4. The van der Waals surface area contributed by atoms with E-state index in [9.17, 15) is 64.0 Å². The molecule has 1 fully saturated rings. The van der Waals surface area contributed by atoms with Crippen LogP contribution in [0.1, 0.15) is 155 Å². The van der Waals surface area contributed by atoms with E-state index in [0.29, 0.717) is 32.1 Å². The molecule has 0 bridgehead atoms. The summed E-state index contributed by atoms with van der Waals surface area (Å²) >= 11 is 0. The first-order chi connectivity index (χ1) is 34.9. The van der Waals surface area contributed by atoms with Crippen LogP contribution in [0.15, 0.2) is 97.2 Å². The molecule has 0 aromatic heterocycles. The summed E-state index contributed by atoms with van der Waals surface area (Å²) in [7, 11) is -10.8. The maximum atomic E-state index is 13.0. The van der Waals surface area contributed by atoms with Crippen LogP contribution in [0.3, 0.4) is 0 Å². The molecule has 0 aromatic rings. The average molecular weight is 1080 g/mol. The number of hydrogen-bond acceptors (Lipinski definition) is 15. The van der Waals surface area contributed by atoms with Gasteiger partial charge in [0.15, 0.2) is 6.10 Å². The molecule has 9 N–H and O–H groups in total. The van der Waals surface area contributed by atoms with Gasteiger partial charge in [-0.3, -0.25) is 23.2 Å². The Kier molecular flexibility index (Phi) is 39.1. The molecule has 18 nitrogen and oxygen atoms in total. The molecule has 0 amide bonds. The van der Waals surface area contributed by atoms with Crippen LogP contribution in [0, 0.1) is 0 Å². The Morgan fingerprint density at radius 1 is 0.521 bits per heavy atom. The van der Waals surface area contributed by atoms with E-state index in [2.05, 4.69) is 35.8 Å². The number of aliphatic hydroxyl groups is 6. The molecule has 0 spiro atoms. The van der Waals surface area contributed by atoms with Crippen molar-refractivity contribution in [1.29, 1.82) is 0 Å². The number of rotatable bonds is 42. The fraction of sp³-hybridized carbons (Fsp3) is 0.660. The smallest absolute Gasteiger partial charge is 0.462 e. The summed E-state index contributed by atoms with van der Waals surface area (Å²) in [6.07, 6.45) is 32.7. The van der Waals surface area contributed by atoms with Crippen LogP contribution in [-0.2, 0) is 41.8 Å². The Hall–Kier alpha value is -3.16. The fourth-order valence-electron chi connectivity index (χ4n) is 7.26. The SMILES string of the molecule is CC/C=C\C[C@@H](O)/C=C/C=C\C=C\[C@@H](O)C/C=C\C/C=C\CCC(=O)OC[C@H](COP(=O)(O)O[C@H]1C(O)C(O)C(O)[C@@H](OP(=O)(O)O)C1O)OC(=O)CCCCCCCCCCC/C=C\C/C=C\CCCCC. The monoisotopic (exact) mass is 1070 g/mol. The van der Waals surface area contributed by atoms with Gasteiger partial charge in [0.1, 0.15) is 43.2 Å². The number of ether oxygens (including phenoxy) is 2. The number of esters is 2. The molecule has 1 aliphatic carbocycles. The van der Waals surface area contributed by atoms with E-state index in [1.54, 1.807) is 42.5 Å². The third kappa shape index (κ3) is 36.5. The summed E-state index contributed by atoms with van der Waals surface area (Å²) < 4.78 is 49.4. The molecule has 10 atom stereocenters. The van der Waals surface area contributed by atoms with Crippen molar-refractivity contribution in [3.05, 3.63) is 97.2 Å². The number of hydrogen-bond donors (Lipinski definition) is 9. The first-order valence-corrected chi connectivity index (χ1v) is 29.0. The minimum Gasteiger partial charge on any atom is -0.462 e. The van der Waals surface area contributed by atoms with Gasteiger partial charge in [-0.2, -0.15) is 0 Å². The van der Waals surface area contributed by atoms with Gasteiger partial charge in [-0.05, 0) is 70.6 Å². The highest BCUT2D eigenvalue weighted by molar-refractivity contribution is 7.47. The lowest BCUT2D eigenvalue weighted by atomic mass is 9.85. The molecule has 1 rings (SSSR count). The standard InChI is InChI=1S/C53H88O18P2/c1-3-5-7-8-9-10-11-12-13-14-15-16-17-18-19-20-21-26-34-40-47(57)69-45(42-68-73(65,66)71-53-50(60)48(58)49(59)52(51(53)61)70-72(62,63)64)41-67-46(56)39-33-25-23-22-24-30-36-44(55)38-32-28-27-31-37-43(54)35-29-6-4-2/h6,9-10,12-13,23-25,27-32,37-38,43-45,48-55,58-61H,3-5,7-8,11,14-22,26,33-36,39-42H2,1-2H3,(H,65,66)(H2,62,63,64)/b10-9-,13-12-,25-23-,28-27-,29-6-,30-24-,37-31+,38-32+/t43-,44+,45-,48?,49?,50?,51?,52-,53+/m1/s1. The van der Waals surface area contributed by atoms with E-state index in [0.717, 1.165) is 57.8 Å². The maximum Gasteiger partial charge on any atom is 0.472 e. The topological polar surface area (TPSA) is 296 Å². The zero-order valence-corrected chi connectivity index (χ0v) is 44.8. The molecule has 0 aromatic carbocycles. The van der Waals surface area contributed by atoms with Crippen LogP contribution < -0.4 is 0 Å². The Bertz CT molecular complexity index is 1810. The van der Waals surface area contributed by atoms with Crippen LogP contribution in [-0.4, -0.2) is 125 Å². The lowest BCUT2D eigenvalue weighted by Gasteiger charge is -2.43. The Balaban J connectivity index is 2.64. The minimum absolute atomic E-state index is 0.00413. The maximum absolute atomic E-state index is 13.0. The van der Waals surface area contributed by atoms with E-state index >= 15 is 0 Å². The average Bonchev–Trinajstić information content (AvgIpc) is 3.34. The molecular formula is C53H88O18P2. The van der Waals surface area contributed by atoms with Gasteiger partial charge in [0.05, 0.1) is 18.8 Å². The highest BCUT2D eigenvalue weighted by Gasteiger charge is 2.54. The van der Waals surface area contributed by atoms with Crippen LogP contribution in [0.2, 0.25) is 0 Å². The predicted octanol–water partition coefficient (Wildman–Crippen LogP) is 8.67. The van der Waals surface area contributed by atoms with Gasteiger partial charge in [0.2, 0.25) is 0 Å². The van der Waals surface area contributed by atoms with Gasteiger partial charge in [0.25, 0.3) is 0 Å². The molecule has 20 heteroatoms. The van der Waals surface area contributed by atoms with Crippen molar-refractivity contribution in [3.8, 4) is 0 Å². The van der Waals surface area contributed by atoms with Gasteiger partial charge in [0, 0.05) is 12.8 Å². The number of phosphoric ester groups is 2. The quantitative estimate of drug-likeness (QED) is 0.00908. The number of phosphoric acid groups is 2. The van der Waals surface area contributed by atoms with Crippen molar-refractivity contribution in [3.63, 3.8) is 0 Å². The van der Waals surface area contributed by atoms with Crippen molar-refractivity contribution in [2.45, 2.75) is 210 Å². The molecule has 73 heavy (non-hydrogen) atoms. The van der Waals surface area contributed by atoms with Crippen molar-refractivity contribution < 1.29 is 87.1 Å². The summed E-state index contributed by atoms with van der Waals surface area (Å²) in [5.41, 5.74) is 0. The van der Waals surface area contributed by atoms with E-state index in [-0.39, 0.29) is 12.8 Å². The Labute approximate surface area is 433 Å². The normalized spacial score (nSPS) is 22.3. The third-order valence-corrected chi connectivity index (χ3v) is 12.8. The number of aliphatic hydroxyl groups excluding tert-OH is 6. The zero-order chi connectivity index (χ0) is 54.2. The van der Waals surface area contributed by atoms with Crippen molar-refractivity contribution >= 4 is 27.6 Å². The van der Waals surface area contributed by atoms with Gasteiger partial charge in [-0.25, -0.2) is 9.13 Å². The molecular weight excluding hydrogens is 987 g/mol. The first kappa shape index (κ1) is 67.9. The van der Waals surface area contributed by atoms with E-state index in [1.165, 1.54) is 38.5 Å². The molecule has 418 valence electrons. The number of allylic oxidation sites excluding steroid dienone is 12. The third-order valence-electron chi connectivity index (χ3n) is 11.3. The second-order valence-corrected chi connectivity index (χ2v) is 20.5. The highest BCUT2D eigenvalue weighted by atomic mass is 31.2. The van der Waals surface area contributed by atoms with Crippen LogP contribution in [0.25, 0.3) is 0 Å². The Morgan fingerprint density at radius 3 is 1.56 bits per heavy atom. The summed E-state index contributed by atoms with van der Waals surface area (Å²) in [5.74, 6) is -1.38. The van der Waals surface area contributed by atoms with Crippen molar-refractivity contribution in [2.24, 2.45) is 0 Å². The predicted molar refractivity (Wildman–Crippen MR) is 280 cm³/mol. The van der Waals surface area contributed by atoms with Crippen LogP contribution in [0.4, 0.5) is 0 Å². The summed E-state index contributed by atoms with van der Waals surface area (Å²) in [4.78, 5) is 54.4. The van der Waals surface area contributed by atoms with E-state index in [1.807, 2.05) is 37.3 Å². The summed E-state index contributed by atoms with van der Waals surface area (Å²) in [6, 6.07) is 0. The molecule has 1 aliphatic rings. The Morgan fingerprint density at radius 2 is 1.01 bits per heavy atom. The molecule has 0 aliphatic heterocycles. The van der Waals surface area contributed by atoms with Gasteiger partial charge in [-0.1, -0.05) is 169 Å². The first-order valence-electron chi connectivity index (χ1n) is 26.0.